The lowest BCUT2D eigenvalue weighted by atomic mass is 10.3. The van der Waals surface area contributed by atoms with Crippen molar-refractivity contribution >= 4 is 17.2 Å². The van der Waals surface area contributed by atoms with Gasteiger partial charge in [0, 0.05) is 18.0 Å². The number of thiazole rings is 1. The van der Waals surface area contributed by atoms with Gasteiger partial charge in [0.25, 0.3) is 5.91 Å². The average molecular weight is 280 g/mol. The van der Waals surface area contributed by atoms with Crippen LogP contribution in [0.15, 0.2) is 28.2 Å². The lowest BCUT2D eigenvalue weighted by molar-refractivity contribution is 0.0660. The number of aliphatic hydroxyl groups is 1. The first kappa shape index (κ1) is 13.8. The van der Waals surface area contributed by atoms with Crippen molar-refractivity contribution in [3.8, 4) is 10.8 Å². The molecule has 0 bridgehead atoms. The smallest absolute Gasteiger partial charge is 0.273 e. The fourth-order valence-electron chi connectivity index (χ4n) is 1.73. The number of rotatable bonds is 5. The first-order valence-corrected chi connectivity index (χ1v) is 6.92. The Kier molecular flexibility index (Phi) is 4.34. The molecule has 0 spiro atoms. The lowest BCUT2D eigenvalue weighted by Crippen LogP contribution is -2.39. The van der Waals surface area contributed by atoms with Crippen molar-refractivity contribution in [3.63, 3.8) is 0 Å². The second kappa shape index (κ2) is 5.99. The number of hydrogen-bond donors (Lipinski definition) is 1. The highest BCUT2D eigenvalue weighted by Gasteiger charge is 2.21. The van der Waals surface area contributed by atoms with Gasteiger partial charge >= 0.3 is 0 Å². The van der Waals surface area contributed by atoms with Gasteiger partial charge in [-0.25, -0.2) is 4.98 Å². The zero-order valence-corrected chi connectivity index (χ0v) is 11.7. The molecule has 0 radical (unpaired) electrons. The van der Waals surface area contributed by atoms with Crippen molar-refractivity contribution in [1.82, 2.24) is 9.88 Å². The molecule has 2 aromatic rings. The molecule has 0 aromatic carbocycles. The fourth-order valence-corrected chi connectivity index (χ4v) is 2.49. The summed E-state index contributed by atoms with van der Waals surface area (Å²) < 4.78 is 5.25. The first-order chi connectivity index (χ1) is 9.13. The van der Waals surface area contributed by atoms with Gasteiger partial charge in [-0.15, -0.1) is 11.3 Å². The molecule has 2 aromatic heterocycles. The second-order valence-corrected chi connectivity index (χ2v) is 5.19. The topological polar surface area (TPSA) is 66.6 Å². The predicted molar refractivity (Wildman–Crippen MR) is 73.1 cm³/mol. The molecule has 0 fully saturated rings. The Hall–Kier alpha value is -1.66. The summed E-state index contributed by atoms with van der Waals surface area (Å²) in [4.78, 5) is 18.2. The zero-order valence-electron chi connectivity index (χ0n) is 10.9. The van der Waals surface area contributed by atoms with Crippen molar-refractivity contribution in [2.45, 2.75) is 19.9 Å². The van der Waals surface area contributed by atoms with Crippen LogP contribution < -0.4 is 0 Å². The Balaban J connectivity index is 2.20. The number of aromatic nitrogens is 1. The van der Waals surface area contributed by atoms with E-state index in [1.165, 1.54) is 11.3 Å². The third-order valence-electron chi connectivity index (χ3n) is 2.68. The third kappa shape index (κ3) is 3.02. The summed E-state index contributed by atoms with van der Waals surface area (Å²) in [6.07, 6.45) is 1.57. The summed E-state index contributed by atoms with van der Waals surface area (Å²) in [7, 11) is 0. The van der Waals surface area contributed by atoms with E-state index in [9.17, 15) is 4.79 Å². The molecular weight excluding hydrogens is 264 g/mol. The summed E-state index contributed by atoms with van der Waals surface area (Å²) in [6, 6.07) is 3.61. The monoisotopic (exact) mass is 280 g/mol. The van der Waals surface area contributed by atoms with Crippen LogP contribution in [0.4, 0.5) is 0 Å². The molecule has 1 amide bonds. The lowest BCUT2D eigenvalue weighted by Gasteiger charge is -2.24. The third-order valence-corrected chi connectivity index (χ3v) is 3.54. The summed E-state index contributed by atoms with van der Waals surface area (Å²) in [6.45, 7) is 4.07. The SMILES string of the molecule is CC(C)N(CCO)C(=O)c1csc(-c2ccco2)n1. The number of carbonyl (C=O) groups excluding carboxylic acids is 1. The van der Waals surface area contributed by atoms with Crippen LogP contribution in [0.5, 0.6) is 0 Å². The van der Waals surface area contributed by atoms with E-state index in [0.29, 0.717) is 23.0 Å². The van der Waals surface area contributed by atoms with Crippen molar-refractivity contribution in [1.29, 1.82) is 0 Å². The second-order valence-electron chi connectivity index (χ2n) is 4.33. The van der Waals surface area contributed by atoms with Gasteiger partial charge in [0.2, 0.25) is 0 Å². The molecule has 0 atom stereocenters. The van der Waals surface area contributed by atoms with Gasteiger partial charge in [-0.2, -0.15) is 0 Å². The van der Waals surface area contributed by atoms with E-state index in [4.69, 9.17) is 9.52 Å². The van der Waals surface area contributed by atoms with E-state index in [1.807, 2.05) is 13.8 Å². The van der Waals surface area contributed by atoms with Crippen LogP contribution in [0.3, 0.4) is 0 Å². The minimum atomic E-state index is -0.168. The number of hydrogen-bond acceptors (Lipinski definition) is 5. The van der Waals surface area contributed by atoms with Crippen molar-refractivity contribution in [3.05, 3.63) is 29.5 Å². The predicted octanol–water partition coefficient (Wildman–Crippen LogP) is 2.25. The quantitative estimate of drug-likeness (QED) is 0.912. The van der Waals surface area contributed by atoms with Gasteiger partial charge in [0.05, 0.1) is 12.9 Å². The molecule has 19 heavy (non-hydrogen) atoms. The molecule has 0 aliphatic rings. The van der Waals surface area contributed by atoms with Crippen LogP contribution in [0.2, 0.25) is 0 Å². The van der Waals surface area contributed by atoms with Crippen molar-refractivity contribution in [2.24, 2.45) is 0 Å². The minimum Gasteiger partial charge on any atom is -0.462 e. The van der Waals surface area contributed by atoms with E-state index < -0.39 is 0 Å². The van der Waals surface area contributed by atoms with Crippen LogP contribution in [0.25, 0.3) is 10.8 Å². The number of amides is 1. The van der Waals surface area contributed by atoms with Crippen molar-refractivity contribution in [2.75, 3.05) is 13.2 Å². The summed E-state index contributed by atoms with van der Waals surface area (Å²) >= 11 is 1.37. The number of carbonyl (C=O) groups is 1. The Morgan fingerprint density at radius 1 is 1.58 bits per heavy atom. The highest BCUT2D eigenvalue weighted by Crippen LogP contribution is 2.24. The molecule has 0 unspecified atom stereocenters. The van der Waals surface area contributed by atoms with E-state index in [1.54, 1.807) is 28.7 Å². The fraction of sp³-hybridized carbons (Fsp3) is 0.385. The maximum absolute atomic E-state index is 12.3. The Morgan fingerprint density at radius 3 is 2.95 bits per heavy atom. The normalized spacial score (nSPS) is 10.9. The van der Waals surface area contributed by atoms with Gasteiger partial charge in [-0.1, -0.05) is 0 Å². The maximum atomic E-state index is 12.3. The van der Waals surface area contributed by atoms with Gasteiger partial charge in [-0.05, 0) is 26.0 Å². The van der Waals surface area contributed by atoms with E-state index in [-0.39, 0.29) is 18.6 Å². The highest BCUT2D eigenvalue weighted by molar-refractivity contribution is 7.13. The van der Waals surface area contributed by atoms with Crippen LogP contribution in [0, 0.1) is 0 Å². The van der Waals surface area contributed by atoms with Crippen LogP contribution in [-0.2, 0) is 0 Å². The molecule has 2 heterocycles. The molecular formula is C13H16N2O3S. The Morgan fingerprint density at radius 2 is 2.37 bits per heavy atom. The Labute approximate surface area is 115 Å². The van der Waals surface area contributed by atoms with Gasteiger partial charge in [-0.3, -0.25) is 4.79 Å². The Bertz CT molecular complexity index is 534. The number of aliphatic hydroxyl groups excluding tert-OH is 1. The first-order valence-electron chi connectivity index (χ1n) is 6.04. The maximum Gasteiger partial charge on any atom is 0.273 e. The molecule has 6 heteroatoms. The molecule has 2 rings (SSSR count). The zero-order chi connectivity index (χ0) is 13.8. The minimum absolute atomic E-state index is 0.0217. The molecule has 1 N–H and O–H groups in total. The molecule has 5 nitrogen and oxygen atoms in total. The molecule has 102 valence electrons. The summed E-state index contributed by atoms with van der Waals surface area (Å²) in [5.74, 6) is 0.486. The summed E-state index contributed by atoms with van der Waals surface area (Å²) in [5.41, 5.74) is 0.388. The van der Waals surface area contributed by atoms with Crippen LogP contribution in [-0.4, -0.2) is 40.1 Å². The van der Waals surface area contributed by atoms with E-state index in [0.717, 1.165) is 0 Å². The highest BCUT2D eigenvalue weighted by atomic mass is 32.1. The molecule has 0 saturated heterocycles. The summed E-state index contributed by atoms with van der Waals surface area (Å²) in [5, 5.41) is 11.4. The van der Waals surface area contributed by atoms with E-state index >= 15 is 0 Å². The van der Waals surface area contributed by atoms with Gasteiger partial charge < -0.3 is 14.4 Å². The number of nitrogens with zero attached hydrogens (tertiary/aromatic N) is 2. The standard InChI is InChI=1S/C13H16N2O3S/c1-9(2)15(5-6-16)13(17)10-8-19-12(14-10)11-4-3-7-18-11/h3-4,7-9,16H,5-6H2,1-2H3. The largest absolute Gasteiger partial charge is 0.462 e. The number of furan rings is 1. The molecule has 0 aliphatic heterocycles. The van der Waals surface area contributed by atoms with Gasteiger partial charge in [0.1, 0.15) is 5.69 Å². The molecule has 0 aliphatic carbocycles. The van der Waals surface area contributed by atoms with E-state index in [2.05, 4.69) is 4.98 Å². The van der Waals surface area contributed by atoms with Crippen molar-refractivity contribution < 1.29 is 14.3 Å². The van der Waals surface area contributed by atoms with Crippen LogP contribution in [0.1, 0.15) is 24.3 Å². The van der Waals surface area contributed by atoms with Gasteiger partial charge in [0.15, 0.2) is 10.8 Å². The van der Waals surface area contributed by atoms with Crippen LogP contribution >= 0.6 is 11.3 Å². The molecule has 0 saturated carbocycles. The average Bonchev–Trinajstić information content (AvgIpc) is 3.03.